The summed E-state index contributed by atoms with van der Waals surface area (Å²) in [7, 11) is 0. The maximum atomic E-state index is 13.8. The smallest absolute Gasteiger partial charge is 0.243 e. The number of fused-ring (bicyclic) bond motifs is 3. The van der Waals surface area contributed by atoms with Crippen LogP contribution in [0.4, 0.5) is 19.9 Å². The Labute approximate surface area is 197 Å². The van der Waals surface area contributed by atoms with Crippen molar-refractivity contribution in [3.63, 3.8) is 0 Å². The van der Waals surface area contributed by atoms with Gasteiger partial charge in [0.15, 0.2) is 17.3 Å². The van der Waals surface area contributed by atoms with E-state index >= 15 is 0 Å². The molecule has 2 bridgehead atoms. The molecule has 2 unspecified atom stereocenters. The monoisotopic (exact) mass is 487 g/mol. The standard InChI is InChI=1S/C22H20ClF2N7S/c1-11-26-22(33-30-11)32-15-3-4-16(32)9-14(8-15)27-21-28-20-17(7-13(23)10-31(20)29-21)12-2-5-18(24)19(25)6-12/h2,5-7,10,14-16H,3-4,8-9H2,1H3,(H,27,29). The number of anilines is 2. The number of nitrogens with zero attached hydrogens (tertiary/aromatic N) is 6. The van der Waals surface area contributed by atoms with E-state index in [2.05, 4.69) is 29.7 Å². The van der Waals surface area contributed by atoms with Gasteiger partial charge in [0.2, 0.25) is 11.1 Å². The highest BCUT2D eigenvalue weighted by Crippen LogP contribution is 2.40. The lowest BCUT2D eigenvalue weighted by Gasteiger charge is -2.38. The largest absolute Gasteiger partial charge is 0.350 e. The van der Waals surface area contributed by atoms with Crippen LogP contribution < -0.4 is 10.2 Å². The molecule has 0 spiro atoms. The molecule has 0 aliphatic carbocycles. The van der Waals surface area contributed by atoms with Gasteiger partial charge in [-0.15, -0.1) is 5.10 Å². The minimum absolute atomic E-state index is 0.229. The van der Waals surface area contributed by atoms with Gasteiger partial charge in [-0.05, 0) is 56.4 Å². The van der Waals surface area contributed by atoms with Crippen LogP contribution in [-0.4, -0.2) is 42.1 Å². The Hall–Kier alpha value is -2.85. The third kappa shape index (κ3) is 3.71. The Morgan fingerprint density at radius 2 is 1.88 bits per heavy atom. The lowest BCUT2D eigenvalue weighted by molar-refractivity contribution is 0.431. The van der Waals surface area contributed by atoms with Crippen LogP contribution in [0.3, 0.4) is 0 Å². The Kier molecular flexibility index (Phi) is 4.95. The van der Waals surface area contributed by atoms with E-state index in [0.29, 0.717) is 39.8 Å². The molecule has 11 heteroatoms. The molecule has 2 saturated heterocycles. The van der Waals surface area contributed by atoms with Crippen molar-refractivity contribution in [2.45, 2.75) is 50.7 Å². The molecule has 5 heterocycles. The van der Waals surface area contributed by atoms with Gasteiger partial charge in [0.25, 0.3) is 0 Å². The van der Waals surface area contributed by atoms with Crippen molar-refractivity contribution in [3.8, 4) is 11.1 Å². The molecule has 0 radical (unpaired) electrons. The van der Waals surface area contributed by atoms with Crippen LogP contribution in [-0.2, 0) is 0 Å². The van der Waals surface area contributed by atoms with Crippen molar-refractivity contribution in [2.24, 2.45) is 0 Å². The molecule has 1 aromatic carbocycles. The fraction of sp³-hybridized carbons (Fsp3) is 0.364. The van der Waals surface area contributed by atoms with E-state index < -0.39 is 11.6 Å². The number of aromatic nitrogens is 5. The summed E-state index contributed by atoms with van der Waals surface area (Å²) >= 11 is 7.74. The highest BCUT2D eigenvalue weighted by atomic mass is 35.5. The zero-order valence-corrected chi connectivity index (χ0v) is 19.2. The van der Waals surface area contributed by atoms with Gasteiger partial charge in [-0.2, -0.15) is 9.36 Å². The highest BCUT2D eigenvalue weighted by molar-refractivity contribution is 7.09. The summed E-state index contributed by atoms with van der Waals surface area (Å²) in [5.74, 6) is -0.508. The van der Waals surface area contributed by atoms with Gasteiger partial charge >= 0.3 is 0 Å². The molecule has 0 amide bonds. The predicted octanol–water partition coefficient (Wildman–Crippen LogP) is 5.10. The fourth-order valence-corrected chi connectivity index (χ4v) is 6.09. The van der Waals surface area contributed by atoms with Crippen molar-refractivity contribution in [1.82, 2.24) is 24.0 Å². The van der Waals surface area contributed by atoms with E-state index in [0.717, 1.165) is 48.8 Å². The lowest BCUT2D eigenvalue weighted by atomic mass is 9.98. The van der Waals surface area contributed by atoms with Crippen molar-refractivity contribution in [3.05, 3.63) is 52.9 Å². The minimum Gasteiger partial charge on any atom is -0.350 e. The number of nitrogens with one attached hydrogen (secondary N) is 1. The number of halogens is 3. The molecular formula is C22H20ClF2N7S. The van der Waals surface area contributed by atoms with E-state index in [1.54, 1.807) is 16.8 Å². The van der Waals surface area contributed by atoms with Gasteiger partial charge in [0.1, 0.15) is 5.82 Å². The Morgan fingerprint density at radius 1 is 1.09 bits per heavy atom. The van der Waals surface area contributed by atoms with Crippen LogP contribution in [0.15, 0.2) is 30.5 Å². The number of aryl methyl sites for hydroxylation is 1. The Morgan fingerprint density at radius 3 is 2.58 bits per heavy atom. The summed E-state index contributed by atoms with van der Waals surface area (Å²) in [5, 5.41) is 9.48. The van der Waals surface area contributed by atoms with Crippen molar-refractivity contribution < 1.29 is 8.78 Å². The Balaban J connectivity index is 1.27. The van der Waals surface area contributed by atoms with Gasteiger partial charge in [-0.25, -0.2) is 18.3 Å². The molecule has 2 fully saturated rings. The predicted molar refractivity (Wildman–Crippen MR) is 124 cm³/mol. The van der Waals surface area contributed by atoms with Gasteiger partial charge < -0.3 is 10.2 Å². The summed E-state index contributed by atoms with van der Waals surface area (Å²) in [5.41, 5.74) is 1.60. The van der Waals surface area contributed by atoms with Crippen LogP contribution in [0.2, 0.25) is 5.02 Å². The first-order valence-corrected chi connectivity index (χ1v) is 12.0. The molecule has 2 atom stereocenters. The third-order valence-electron chi connectivity index (χ3n) is 6.43. The maximum Gasteiger partial charge on any atom is 0.243 e. The second-order valence-electron chi connectivity index (χ2n) is 8.63. The zero-order valence-electron chi connectivity index (χ0n) is 17.7. The van der Waals surface area contributed by atoms with Gasteiger partial charge in [0.05, 0.1) is 5.02 Å². The second-order valence-corrected chi connectivity index (χ2v) is 9.80. The Bertz CT molecular complexity index is 1340. The lowest BCUT2D eigenvalue weighted by Crippen LogP contribution is -2.47. The number of piperidine rings is 1. The molecule has 4 aromatic rings. The average Bonchev–Trinajstić information content (AvgIpc) is 3.45. The quantitative estimate of drug-likeness (QED) is 0.432. The molecule has 33 heavy (non-hydrogen) atoms. The zero-order chi connectivity index (χ0) is 22.7. The van der Waals surface area contributed by atoms with Crippen molar-refractivity contribution >= 4 is 39.9 Å². The molecule has 170 valence electrons. The van der Waals surface area contributed by atoms with Crippen molar-refractivity contribution in [2.75, 3.05) is 10.2 Å². The molecular weight excluding hydrogens is 468 g/mol. The molecule has 7 nitrogen and oxygen atoms in total. The summed E-state index contributed by atoms with van der Waals surface area (Å²) in [4.78, 5) is 11.7. The molecule has 0 saturated carbocycles. The SMILES string of the molecule is Cc1nsc(N2C3CCC2CC(Nc2nc4c(-c5ccc(F)c(F)c5)cc(Cl)cn4n2)C3)n1. The summed E-state index contributed by atoms with van der Waals surface area (Å²) in [6.45, 7) is 1.92. The average molecular weight is 488 g/mol. The first-order chi connectivity index (χ1) is 15.9. The van der Waals surface area contributed by atoms with E-state index in [1.807, 2.05) is 6.92 Å². The first-order valence-electron chi connectivity index (χ1n) is 10.8. The topological polar surface area (TPSA) is 71.2 Å². The van der Waals surface area contributed by atoms with Gasteiger partial charge in [-0.1, -0.05) is 17.7 Å². The van der Waals surface area contributed by atoms with Crippen LogP contribution in [0.1, 0.15) is 31.5 Å². The fourth-order valence-electron chi connectivity index (χ4n) is 5.07. The van der Waals surface area contributed by atoms with E-state index in [-0.39, 0.29) is 6.04 Å². The van der Waals surface area contributed by atoms with Crippen LogP contribution >= 0.6 is 23.1 Å². The first kappa shape index (κ1) is 20.7. The molecule has 6 rings (SSSR count). The van der Waals surface area contributed by atoms with Crippen LogP contribution in [0, 0.1) is 18.6 Å². The maximum absolute atomic E-state index is 13.8. The minimum atomic E-state index is -0.920. The highest BCUT2D eigenvalue weighted by Gasteiger charge is 2.42. The number of hydrogen-bond acceptors (Lipinski definition) is 7. The van der Waals surface area contributed by atoms with Crippen LogP contribution in [0.25, 0.3) is 16.8 Å². The van der Waals surface area contributed by atoms with Gasteiger partial charge in [0, 0.05) is 41.4 Å². The molecule has 1 N–H and O–H groups in total. The third-order valence-corrected chi connectivity index (χ3v) is 7.46. The van der Waals surface area contributed by atoms with Gasteiger partial charge in [-0.3, -0.25) is 0 Å². The molecule has 3 aromatic heterocycles. The number of hydrogen-bond donors (Lipinski definition) is 1. The summed E-state index contributed by atoms with van der Waals surface area (Å²) in [6.07, 6.45) is 5.84. The number of benzene rings is 1. The second kappa shape index (κ2) is 7.88. The summed E-state index contributed by atoms with van der Waals surface area (Å²) < 4.78 is 33.2. The molecule has 2 aliphatic rings. The van der Waals surface area contributed by atoms with E-state index in [1.165, 1.54) is 17.6 Å². The number of pyridine rings is 1. The summed E-state index contributed by atoms with van der Waals surface area (Å²) in [6, 6.07) is 6.49. The molecule has 2 aliphatic heterocycles. The number of rotatable bonds is 4. The van der Waals surface area contributed by atoms with Crippen LogP contribution in [0.5, 0.6) is 0 Å². The van der Waals surface area contributed by atoms with E-state index in [4.69, 9.17) is 11.6 Å². The van der Waals surface area contributed by atoms with E-state index in [9.17, 15) is 8.78 Å². The normalized spacial score (nSPS) is 22.3. The van der Waals surface area contributed by atoms with Crippen molar-refractivity contribution in [1.29, 1.82) is 0 Å².